The van der Waals surface area contributed by atoms with Crippen molar-refractivity contribution >= 4 is 17.6 Å². The van der Waals surface area contributed by atoms with E-state index < -0.39 is 23.1 Å². The number of aliphatic carboxylic acids is 1. The molecule has 0 radical (unpaired) electrons. The summed E-state index contributed by atoms with van der Waals surface area (Å²) >= 11 is 0. The molecule has 1 amide bonds. The second kappa shape index (κ2) is 6.10. The number of amides is 1. The van der Waals surface area contributed by atoms with Crippen molar-refractivity contribution in [2.24, 2.45) is 0 Å². The number of nitro benzene ring substituents is 1. The van der Waals surface area contributed by atoms with Gasteiger partial charge in [-0.3, -0.25) is 14.9 Å². The minimum absolute atomic E-state index is 0.0467. The first-order valence-corrected chi connectivity index (χ1v) is 6.72. The van der Waals surface area contributed by atoms with E-state index >= 15 is 0 Å². The molecule has 22 heavy (non-hydrogen) atoms. The molecule has 1 fully saturated rings. The monoisotopic (exact) mass is 308 g/mol. The molecule has 0 spiro atoms. The maximum atomic E-state index is 12.5. The summed E-state index contributed by atoms with van der Waals surface area (Å²) in [5.41, 5.74) is 0.710. The number of hydrogen-bond acceptors (Lipinski definition) is 5. The number of ether oxygens (including phenoxy) is 1. The minimum atomic E-state index is -1.12. The van der Waals surface area contributed by atoms with Gasteiger partial charge in [-0.2, -0.15) is 0 Å². The van der Waals surface area contributed by atoms with Gasteiger partial charge in [0.2, 0.25) is 0 Å². The lowest BCUT2D eigenvalue weighted by Crippen LogP contribution is -2.51. The Balaban J connectivity index is 2.23. The SMILES string of the molecule is Cc1cc([N+](=O)[O-])ccc1C(=O)N1CC(C(=O)O)O[C@H](C)C1. The number of nitrogens with zero attached hydrogens (tertiary/aromatic N) is 2. The number of morpholine rings is 1. The summed E-state index contributed by atoms with van der Waals surface area (Å²) in [4.78, 5) is 35.2. The fourth-order valence-corrected chi connectivity index (χ4v) is 2.43. The van der Waals surface area contributed by atoms with Crippen molar-refractivity contribution < 1.29 is 24.4 Å². The fraction of sp³-hybridized carbons (Fsp3) is 0.429. The standard InChI is InChI=1S/C14H16N2O6/c1-8-5-10(16(20)21)3-4-11(8)13(17)15-6-9(2)22-12(7-15)14(18)19/h3-5,9,12H,6-7H2,1-2H3,(H,18,19)/t9-,12?/m1/s1. The van der Waals surface area contributed by atoms with E-state index in [0.29, 0.717) is 11.1 Å². The molecule has 1 aliphatic rings. The Morgan fingerprint density at radius 2 is 2.09 bits per heavy atom. The summed E-state index contributed by atoms with van der Waals surface area (Å²) in [6, 6.07) is 3.98. The third-order valence-electron chi connectivity index (χ3n) is 3.47. The van der Waals surface area contributed by atoms with E-state index in [-0.39, 0.29) is 24.7 Å². The van der Waals surface area contributed by atoms with E-state index in [1.165, 1.54) is 23.1 Å². The van der Waals surface area contributed by atoms with Crippen LogP contribution in [0.15, 0.2) is 18.2 Å². The number of nitro groups is 1. The van der Waals surface area contributed by atoms with Gasteiger partial charge in [-0.15, -0.1) is 0 Å². The third-order valence-corrected chi connectivity index (χ3v) is 3.47. The van der Waals surface area contributed by atoms with Crippen molar-refractivity contribution in [1.29, 1.82) is 0 Å². The van der Waals surface area contributed by atoms with Gasteiger partial charge in [-0.25, -0.2) is 4.79 Å². The highest BCUT2D eigenvalue weighted by atomic mass is 16.6. The van der Waals surface area contributed by atoms with Gasteiger partial charge in [0.15, 0.2) is 6.10 Å². The molecule has 0 saturated carbocycles. The summed E-state index contributed by atoms with van der Waals surface area (Å²) in [6.45, 7) is 3.53. The molecule has 1 aliphatic heterocycles. The van der Waals surface area contributed by atoms with Gasteiger partial charge >= 0.3 is 5.97 Å². The zero-order valence-electron chi connectivity index (χ0n) is 12.2. The van der Waals surface area contributed by atoms with Crippen LogP contribution in [0.4, 0.5) is 5.69 Å². The minimum Gasteiger partial charge on any atom is -0.479 e. The molecule has 118 valence electrons. The lowest BCUT2D eigenvalue weighted by atomic mass is 10.1. The topological polar surface area (TPSA) is 110 Å². The second-order valence-electron chi connectivity index (χ2n) is 5.24. The van der Waals surface area contributed by atoms with E-state index in [2.05, 4.69) is 0 Å². The summed E-state index contributed by atoms with van der Waals surface area (Å²) in [5, 5.41) is 19.8. The van der Waals surface area contributed by atoms with E-state index in [1.807, 2.05) is 0 Å². The lowest BCUT2D eigenvalue weighted by Gasteiger charge is -2.35. The average molecular weight is 308 g/mol. The summed E-state index contributed by atoms with van der Waals surface area (Å²) in [7, 11) is 0. The first-order valence-electron chi connectivity index (χ1n) is 6.72. The maximum absolute atomic E-state index is 12.5. The van der Waals surface area contributed by atoms with Crippen LogP contribution in [-0.2, 0) is 9.53 Å². The molecule has 1 heterocycles. The molecular weight excluding hydrogens is 292 g/mol. The Morgan fingerprint density at radius 1 is 1.41 bits per heavy atom. The van der Waals surface area contributed by atoms with Gasteiger partial charge in [0.1, 0.15) is 0 Å². The van der Waals surface area contributed by atoms with Crippen molar-refractivity contribution in [3.63, 3.8) is 0 Å². The average Bonchev–Trinajstić information content (AvgIpc) is 2.45. The van der Waals surface area contributed by atoms with E-state index in [0.717, 1.165) is 0 Å². The highest BCUT2D eigenvalue weighted by Gasteiger charge is 2.33. The highest BCUT2D eigenvalue weighted by molar-refractivity contribution is 5.96. The number of aryl methyl sites for hydroxylation is 1. The highest BCUT2D eigenvalue weighted by Crippen LogP contribution is 2.21. The quantitative estimate of drug-likeness (QED) is 0.664. The Morgan fingerprint density at radius 3 is 2.64 bits per heavy atom. The van der Waals surface area contributed by atoms with Crippen molar-refractivity contribution in [3.05, 3.63) is 39.4 Å². The van der Waals surface area contributed by atoms with Crippen LogP contribution in [0.25, 0.3) is 0 Å². The van der Waals surface area contributed by atoms with Crippen molar-refractivity contribution in [2.75, 3.05) is 13.1 Å². The Hall–Kier alpha value is -2.48. The molecule has 8 heteroatoms. The number of non-ortho nitro benzene ring substituents is 1. The summed E-state index contributed by atoms with van der Waals surface area (Å²) < 4.78 is 5.26. The number of carbonyl (C=O) groups excluding carboxylic acids is 1. The molecule has 1 aromatic carbocycles. The van der Waals surface area contributed by atoms with Gasteiger partial charge in [0.25, 0.3) is 11.6 Å². The number of carboxylic acids is 1. The number of benzene rings is 1. The molecule has 1 unspecified atom stereocenters. The smallest absolute Gasteiger partial charge is 0.334 e. The lowest BCUT2D eigenvalue weighted by molar-refractivity contribution is -0.384. The van der Waals surface area contributed by atoms with E-state index in [9.17, 15) is 19.7 Å². The van der Waals surface area contributed by atoms with Crippen molar-refractivity contribution in [3.8, 4) is 0 Å². The molecule has 0 bridgehead atoms. The fourth-order valence-electron chi connectivity index (χ4n) is 2.43. The van der Waals surface area contributed by atoms with Gasteiger partial charge in [-0.1, -0.05) is 0 Å². The predicted octanol–water partition coefficient (Wildman–Crippen LogP) is 1.22. The molecule has 0 aromatic heterocycles. The van der Waals surface area contributed by atoms with Gasteiger partial charge in [0, 0.05) is 24.2 Å². The molecule has 1 aromatic rings. The van der Waals surface area contributed by atoms with Crippen molar-refractivity contribution in [1.82, 2.24) is 4.90 Å². The number of rotatable bonds is 3. The molecule has 2 rings (SSSR count). The third kappa shape index (κ3) is 3.22. The molecule has 2 atom stereocenters. The maximum Gasteiger partial charge on any atom is 0.334 e. The van der Waals surface area contributed by atoms with Gasteiger partial charge < -0.3 is 14.7 Å². The van der Waals surface area contributed by atoms with Crippen LogP contribution in [0.2, 0.25) is 0 Å². The predicted molar refractivity (Wildman–Crippen MR) is 75.7 cm³/mol. The first-order chi connectivity index (χ1) is 10.3. The number of carboxylic acid groups (broad SMARTS) is 1. The van der Waals surface area contributed by atoms with Crippen molar-refractivity contribution in [2.45, 2.75) is 26.1 Å². The Labute approximate surface area is 126 Å². The zero-order valence-corrected chi connectivity index (χ0v) is 12.2. The number of hydrogen-bond donors (Lipinski definition) is 1. The zero-order chi connectivity index (χ0) is 16.4. The van der Waals surface area contributed by atoms with Crippen LogP contribution in [-0.4, -0.2) is 52.1 Å². The summed E-state index contributed by atoms with van der Waals surface area (Å²) in [6.07, 6.45) is -1.46. The molecule has 1 saturated heterocycles. The molecule has 0 aliphatic carbocycles. The number of carbonyl (C=O) groups is 2. The van der Waals surface area contributed by atoms with Crippen LogP contribution in [0.5, 0.6) is 0 Å². The van der Waals surface area contributed by atoms with Crippen LogP contribution >= 0.6 is 0 Å². The Bertz CT molecular complexity index is 630. The van der Waals surface area contributed by atoms with Gasteiger partial charge in [-0.05, 0) is 25.5 Å². The van der Waals surface area contributed by atoms with Crippen LogP contribution in [0, 0.1) is 17.0 Å². The molecule has 1 N–H and O–H groups in total. The van der Waals surface area contributed by atoms with Crippen LogP contribution in [0.1, 0.15) is 22.8 Å². The second-order valence-corrected chi connectivity index (χ2v) is 5.24. The molecular formula is C14H16N2O6. The van der Waals surface area contributed by atoms with Crippen LogP contribution in [0.3, 0.4) is 0 Å². The van der Waals surface area contributed by atoms with Crippen LogP contribution < -0.4 is 0 Å². The van der Waals surface area contributed by atoms with Gasteiger partial charge in [0.05, 0.1) is 17.6 Å². The molecule has 8 nitrogen and oxygen atoms in total. The largest absolute Gasteiger partial charge is 0.479 e. The van der Waals surface area contributed by atoms with E-state index in [4.69, 9.17) is 9.84 Å². The Kier molecular flexibility index (Phi) is 4.41. The normalized spacial score (nSPS) is 21.5. The first kappa shape index (κ1) is 15.9. The van der Waals surface area contributed by atoms with E-state index in [1.54, 1.807) is 13.8 Å². The summed E-state index contributed by atoms with van der Waals surface area (Å²) in [5.74, 6) is -1.47.